The summed E-state index contributed by atoms with van der Waals surface area (Å²) in [6, 6.07) is 4.63. The number of carbonyl (C=O) groups excluding carboxylic acids is 3. The zero-order valence-corrected chi connectivity index (χ0v) is 22.6. The van der Waals surface area contributed by atoms with E-state index in [9.17, 15) is 29.4 Å². The van der Waals surface area contributed by atoms with E-state index >= 15 is 0 Å². The number of guanidine groups is 1. The second-order valence-corrected chi connectivity index (χ2v) is 10.5. The zero-order valence-electron chi connectivity index (χ0n) is 22.6. The fourth-order valence-corrected chi connectivity index (χ4v) is 5.63. The van der Waals surface area contributed by atoms with Gasteiger partial charge in [-0.1, -0.05) is 43.2 Å². The zero-order chi connectivity index (χ0) is 29.2. The van der Waals surface area contributed by atoms with Crippen LogP contribution in [0.4, 0.5) is 0 Å². The Hall–Kier alpha value is -3.71. The number of rotatable bonds is 13. The van der Waals surface area contributed by atoms with E-state index < -0.39 is 54.5 Å². The van der Waals surface area contributed by atoms with Crippen molar-refractivity contribution in [2.24, 2.45) is 28.1 Å². The summed E-state index contributed by atoms with van der Waals surface area (Å²) in [6.07, 6.45) is 4.45. The summed E-state index contributed by atoms with van der Waals surface area (Å²) in [5.74, 6) is -2.87. The molecule has 6 atom stereocenters. The fraction of sp³-hybridized carbons (Fsp3) is 0.593. The lowest BCUT2D eigenvalue weighted by molar-refractivity contribution is -0.146. The molecule has 220 valence electrons. The lowest BCUT2D eigenvalue weighted by Crippen LogP contribution is -2.59. The number of carboxylic acid groups (broad SMARTS) is 1. The molecule has 1 aromatic rings. The number of aliphatic hydroxyl groups is 1. The van der Waals surface area contributed by atoms with Gasteiger partial charge in [0.1, 0.15) is 24.2 Å². The Kier molecular flexibility index (Phi) is 11.3. The monoisotopic (exact) mass is 559 g/mol. The van der Waals surface area contributed by atoms with Gasteiger partial charge >= 0.3 is 5.97 Å². The van der Waals surface area contributed by atoms with Crippen molar-refractivity contribution < 1.29 is 29.4 Å². The number of amides is 3. The molecule has 0 bridgehead atoms. The predicted molar refractivity (Wildman–Crippen MR) is 148 cm³/mol. The SMILES string of the molecule is NC(N)=NCCC[C@H](NC(=O)[C@@H]1C[C@@H]2CCCC[C@@H]2N1C(=O)[C@@H](Cc1ccccc1)NC(=O)[C@@H](N)CO)C(=O)O. The van der Waals surface area contributed by atoms with E-state index in [0.29, 0.717) is 19.3 Å². The highest BCUT2D eigenvalue weighted by Crippen LogP contribution is 2.40. The van der Waals surface area contributed by atoms with Gasteiger partial charge in [0.15, 0.2) is 5.96 Å². The van der Waals surface area contributed by atoms with E-state index in [4.69, 9.17) is 17.2 Å². The Morgan fingerprint density at radius 3 is 2.40 bits per heavy atom. The van der Waals surface area contributed by atoms with Crippen LogP contribution in [0.5, 0.6) is 0 Å². The van der Waals surface area contributed by atoms with Gasteiger partial charge in [-0.25, -0.2) is 4.79 Å². The molecule has 40 heavy (non-hydrogen) atoms. The van der Waals surface area contributed by atoms with Gasteiger partial charge in [-0.05, 0) is 43.6 Å². The highest BCUT2D eigenvalue weighted by molar-refractivity contribution is 5.95. The van der Waals surface area contributed by atoms with Gasteiger partial charge in [0, 0.05) is 19.0 Å². The molecule has 1 aliphatic carbocycles. The number of likely N-dealkylation sites (tertiary alicyclic amines) is 1. The molecule has 10 N–H and O–H groups in total. The number of aliphatic carboxylic acids is 1. The van der Waals surface area contributed by atoms with Crippen molar-refractivity contribution in [1.82, 2.24) is 15.5 Å². The third-order valence-electron chi connectivity index (χ3n) is 7.64. The van der Waals surface area contributed by atoms with Gasteiger partial charge < -0.3 is 42.9 Å². The maximum absolute atomic E-state index is 14.1. The Morgan fingerprint density at radius 2 is 1.75 bits per heavy atom. The van der Waals surface area contributed by atoms with Crippen molar-refractivity contribution in [3.05, 3.63) is 35.9 Å². The number of aliphatic imine (C=N–C) groups is 1. The molecule has 1 heterocycles. The lowest BCUT2D eigenvalue weighted by Gasteiger charge is -2.36. The van der Waals surface area contributed by atoms with E-state index in [1.165, 1.54) is 0 Å². The molecule has 0 aromatic heterocycles. The molecule has 13 nitrogen and oxygen atoms in total. The second kappa shape index (κ2) is 14.6. The van der Waals surface area contributed by atoms with Gasteiger partial charge in [0.25, 0.3) is 0 Å². The van der Waals surface area contributed by atoms with Crippen LogP contribution in [0.25, 0.3) is 0 Å². The first-order valence-corrected chi connectivity index (χ1v) is 13.7. The first-order chi connectivity index (χ1) is 19.1. The first-order valence-electron chi connectivity index (χ1n) is 13.7. The summed E-state index contributed by atoms with van der Waals surface area (Å²) in [4.78, 5) is 57.6. The molecule has 3 rings (SSSR count). The Morgan fingerprint density at radius 1 is 1.05 bits per heavy atom. The van der Waals surface area contributed by atoms with Crippen LogP contribution >= 0.6 is 0 Å². The average Bonchev–Trinajstić information content (AvgIpc) is 3.33. The number of nitrogens with zero attached hydrogens (tertiary/aromatic N) is 2. The summed E-state index contributed by atoms with van der Waals surface area (Å²) in [7, 11) is 0. The summed E-state index contributed by atoms with van der Waals surface area (Å²) in [5.41, 5.74) is 17.2. The summed E-state index contributed by atoms with van der Waals surface area (Å²) in [6.45, 7) is -0.367. The van der Waals surface area contributed by atoms with Crippen molar-refractivity contribution in [3.8, 4) is 0 Å². The number of benzene rings is 1. The number of nitrogens with two attached hydrogens (primary N) is 3. The van der Waals surface area contributed by atoms with Crippen LogP contribution in [-0.2, 0) is 25.6 Å². The van der Waals surface area contributed by atoms with Gasteiger partial charge in [-0.2, -0.15) is 0 Å². The van der Waals surface area contributed by atoms with Gasteiger partial charge in [0.2, 0.25) is 17.7 Å². The molecule has 0 radical (unpaired) electrons. The largest absolute Gasteiger partial charge is 0.480 e. The van der Waals surface area contributed by atoms with Crippen LogP contribution in [0, 0.1) is 5.92 Å². The van der Waals surface area contributed by atoms with Crippen LogP contribution < -0.4 is 27.8 Å². The van der Waals surface area contributed by atoms with Crippen molar-refractivity contribution >= 4 is 29.7 Å². The van der Waals surface area contributed by atoms with Gasteiger partial charge in [-0.15, -0.1) is 0 Å². The van der Waals surface area contributed by atoms with Gasteiger partial charge in [0.05, 0.1) is 6.61 Å². The standard InChI is InChI=1S/C27H41N7O6/c28-18(15-35)23(36)33-20(13-16-7-2-1-3-8-16)25(38)34-21-11-5-4-9-17(21)14-22(34)24(37)32-19(26(39)40)10-6-12-31-27(29)30/h1-3,7-8,17-22,35H,4-6,9-15,28H2,(H,32,37)(H,33,36)(H,39,40)(H4,29,30,31)/t17-,18-,19-,20+,21-,22-/m0/s1. The van der Waals surface area contributed by atoms with E-state index in [1.54, 1.807) is 4.90 Å². The van der Waals surface area contributed by atoms with E-state index in [0.717, 1.165) is 24.8 Å². The quantitative estimate of drug-likeness (QED) is 0.0875. The van der Waals surface area contributed by atoms with Crippen LogP contribution in [0.3, 0.4) is 0 Å². The maximum Gasteiger partial charge on any atom is 0.326 e. The molecule has 2 aliphatic rings. The second-order valence-electron chi connectivity index (χ2n) is 10.5. The third kappa shape index (κ3) is 8.15. The summed E-state index contributed by atoms with van der Waals surface area (Å²) in [5, 5.41) is 24.4. The van der Waals surface area contributed by atoms with Crippen LogP contribution in [0.1, 0.15) is 50.5 Å². The molecule has 2 fully saturated rings. The molecule has 13 heteroatoms. The maximum atomic E-state index is 14.1. The number of fused-ring (bicyclic) bond motifs is 1. The number of nitrogens with one attached hydrogen (secondary N) is 2. The summed E-state index contributed by atoms with van der Waals surface area (Å²) >= 11 is 0. The number of hydrogen-bond donors (Lipinski definition) is 7. The molecular weight excluding hydrogens is 518 g/mol. The number of aliphatic hydroxyl groups excluding tert-OH is 1. The van der Waals surface area contributed by atoms with E-state index in [-0.39, 0.29) is 37.3 Å². The molecule has 1 saturated carbocycles. The molecule has 1 aromatic carbocycles. The minimum atomic E-state index is -1.21. The lowest BCUT2D eigenvalue weighted by atomic mass is 9.84. The van der Waals surface area contributed by atoms with Crippen molar-refractivity contribution in [3.63, 3.8) is 0 Å². The molecule has 1 aliphatic heterocycles. The van der Waals surface area contributed by atoms with E-state index in [2.05, 4.69) is 15.6 Å². The number of carboxylic acids is 1. The highest BCUT2D eigenvalue weighted by Gasteiger charge is 2.49. The normalized spacial score (nSPS) is 22.4. The minimum Gasteiger partial charge on any atom is -0.480 e. The predicted octanol–water partition coefficient (Wildman–Crippen LogP) is -1.18. The molecule has 0 spiro atoms. The van der Waals surface area contributed by atoms with Crippen molar-refractivity contribution in [1.29, 1.82) is 0 Å². The molecule has 1 saturated heterocycles. The number of hydrogen-bond acceptors (Lipinski definition) is 7. The highest BCUT2D eigenvalue weighted by atomic mass is 16.4. The Balaban J connectivity index is 1.84. The van der Waals surface area contributed by atoms with Crippen LogP contribution in [0.2, 0.25) is 0 Å². The smallest absolute Gasteiger partial charge is 0.326 e. The van der Waals surface area contributed by atoms with Crippen LogP contribution in [-0.4, -0.2) is 88.1 Å². The summed E-state index contributed by atoms with van der Waals surface area (Å²) < 4.78 is 0. The third-order valence-corrected chi connectivity index (χ3v) is 7.64. The van der Waals surface area contributed by atoms with Crippen molar-refractivity contribution in [2.45, 2.75) is 81.6 Å². The fourth-order valence-electron chi connectivity index (χ4n) is 5.63. The average molecular weight is 560 g/mol. The van der Waals surface area contributed by atoms with E-state index in [1.807, 2.05) is 30.3 Å². The molecule has 3 amide bonds. The Bertz CT molecular complexity index is 1060. The molecular formula is C27H41N7O6. The minimum absolute atomic E-state index is 0.0892. The Labute approximate surface area is 233 Å². The first kappa shape index (κ1) is 30.8. The number of carbonyl (C=O) groups is 4. The van der Waals surface area contributed by atoms with Gasteiger partial charge in [-0.3, -0.25) is 19.4 Å². The topological polar surface area (TPSA) is 226 Å². The molecule has 0 unspecified atom stereocenters. The van der Waals surface area contributed by atoms with Crippen molar-refractivity contribution in [2.75, 3.05) is 13.2 Å². The van der Waals surface area contributed by atoms with Crippen LogP contribution in [0.15, 0.2) is 35.3 Å².